The molecule has 0 bridgehead atoms. The van der Waals surface area contributed by atoms with E-state index in [0.717, 1.165) is 44.9 Å². The molecular formula is C47H88NO7+. The van der Waals surface area contributed by atoms with E-state index in [1.807, 2.05) is 21.1 Å². The minimum Gasteiger partial charge on any atom is -0.477 e. The molecule has 0 rings (SSSR count). The highest BCUT2D eigenvalue weighted by molar-refractivity contribution is 5.72. The van der Waals surface area contributed by atoms with Crippen molar-refractivity contribution in [3.05, 3.63) is 24.3 Å². The predicted molar refractivity (Wildman–Crippen MR) is 229 cm³/mol. The summed E-state index contributed by atoms with van der Waals surface area (Å²) < 4.78 is 17.3. The van der Waals surface area contributed by atoms with Gasteiger partial charge < -0.3 is 23.8 Å². The van der Waals surface area contributed by atoms with Gasteiger partial charge in [0.15, 0.2) is 12.1 Å². The number of carbonyl (C=O) groups is 3. The average Bonchev–Trinajstić information content (AvgIpc) is 3.14. The van der Waals surface area contributed by atoms with E-state index >= 15 is 0 Å². The number of likely N-dealkylation sites (N-methyl/N-ethyl adjacent to an activating group) is 1. The minimum absolute atomic E-state index is 0.0486. The van der Waals surface area contributed by atoms with Gasteiger partial charge in [0.25, 0.3) is 0 Å². The monoisotopic (exact) mass is 779 g/mol. The first-order chi connectivity index (χ1) is 26.6. The Labute approximate surface area is 339 Å². The number of quaternary nitrogens is 1. The molecule has 0 aliphatic rings. The first kappa shape index (κ1) is 52.8. The molecule has 0 spiro atoms. The molecule has 0 aromatic rings. The molecule has 0 aliphatic heterocycles. The van der Waals surface area contributed by atoms with Crippen LogP contribution < -0.4 is 0 Å². The number of hydrogen-bond donors (Lipinski definition) is 1. The number of rotatable bonds is 41. The molecule has 55 heavy (non-hydrogen) atoms. The quantitative estimate of drug-likeness (QED) is 0.0285. The predicted octanol–water partition coefficient (Wildman–Crippen LogP) is 12.5. The smallest absolute Gasteiger partial charge is 0.362 e. The highest BCUT2D eigenvalue weighted by Gasteiger charge is 2.31. The average molecular weight is 779 g/mol. The molecule has 0 amide bonds. The molecule has 0 saturated heterocycles. The Hall–Kier alpha value is -2.19. The maximum atomic E-state index is 12.7. The number of carboxylic acid groups (broad SMARTS) is 1. The number of unbranched alkanes of at least 4 members (excludes halogenated alkanes) is 23. The summed E-state index contributed by atoms with van der Waals surface area (Å²) in [5.41, 5.74) is 0. The molecule has 0 saturated carbocycles. The van der Waals surface area contributed by atoms with Crippen molar-refractivity contribution in [3.8, 4) is 0 Å². The SMILES string of the molecule is CCCCCCC/C=C\C/C=C\CCCCCCCCCCCC(=O)OC(COCCC(C(=O)O)[N+](C)(C)C)COC(=O)CCCCCCCCCCCC. The number of aliphatic carboxylic acids is 1. The van der Waals surface area contributed by atoms with Crippen LogP contribution in [-0.4, -0.2) is 80.6 Å². The summed E-state index contributed by atoms with van der Waals surface area (Å²) in [4.78, 5) is 36.9. The maximum Gasteiger partial charge on any atom is 0.362 e. The Kier molecular flexibility index (Phi) is 37.1. The Bertz CT molecular complexity index is 957. The number of carbonyl (C=O) groups excluding carboxylic acids is 2. The molecule has 0 heterocycles. The van der Waals surface area contributed by atoms with Crippen LogP contribution in [0.5, 0.6) is 0 Å². The maximum absolute atomic E-state index is 12.7. The lowest BCUT2D eigenvalue weighted by atomic mass is 10.1. The Morgan fingerprint density at radius 2 is 0.964 bits per heavy atom. The van der Waals surface area contributed by atoms with E-state index < -0.39 is 18.1 Å². The van der Waals surface area contributed by atoms with Gasteiger partial charge in [0, 0.05) is 19.3 Å². The topological polar surface area (TPSA) is 99.1 Å². The van der Waals surface area contributed by atoms with E-state index in [1.54, 1.807) is 0 Å². The minimum atomic E-state index is -0.874. The van der Waals surface area contributed by atoms with Crippen molar-refractivity contribution in [3.63, 3.8) is 0 Å². The number of carboxylic acids is 1. The molecule has 2 atom stereocenters. The van der Waals surface area contributed by atoms with Crippen LogP contribution in [0.25, 0.3) is 0 Å². The van der Waals surface area contributed by atoms with Crippen molar-refractivity contribution in [2.45, 2.75) is 219 Å². The first-order valence-corrected chi connectivity index (χ1v) is 22.9. The number of esters is 2. The second-order valence-electron chi connectivity index (χ2n) is 16.7. The summed E-state index contributed by atoms with van der Waals surface area (Å²) in [7, 11) is 5.53. The summed E-state index contributed by atoms with van der Waals surface area (Å²) in [6, 6.07) is -0.612. The largest absolute Gasteiger partial charge is 0.477 e. The van der Waals surface area contributed by atoms with Crippen molar-refractivity contribution in [1.82, 2.24) is 0 Å². The van der Waals surface area contributed by atoms with Crippen LogP contribution >= 0.6 is 0 Å². The lowest BCUT2D eigenvalue weighted by molar-refractivity contribution is -0.887. The number of allylic oxidation sites excluding steroid dienone is 4. The fourth-order valence-electron chi connectivity index (χ4n) is 6.77. The van der Waals surface area contributed by atoms with E-state index in [2.05, 4.69) is 38.2 Å². The van der Waals surface area contributed by atoms with Crippen molar-refractivity contribution >= 4 is 17.9 Å². The second-order valence-corrected chi connectivity index (χ2v) is 16.7. The van der Waals surface area contributed by atoms with Crippen LogP contribution in [0.2, 0.25) is 0 Å². The molecule has 0 fully saturated rings. The summed E-state index contributed by atoms with van der Waals surface area (Å²) in [5, 5.41) is 9.61. The van der Waals surface area contributed by atoms with Crippen LogP contribution in [0, 0.1) is 0 Å². The van der Waals surface area contributed by atoms with Crippen LogP contribution in [0.4, 0.5) is 0 Å². The molecule has 8 heteroatoms. The number of nitrogens with zero attached hydrogens (tertiary/aromatic N) is 1. The third-order valence-electron chi connectivity index (χ3n) is 10.4. The van der Waals surface area contributed by atoms with Gasteiger partial charge in [-0.25, -0.2) is 4.79 Å². The molecule has 0 radical (unpaired) electrons. The van der Waals surface area contributed by atoms with Crippen LogP contribution in [0.1, 0.15) is 206 Å². The molecule has 8 nitrogen and oxygen atoms in total. The standard InChI is InChI=1S/C47H87NO7/c1-6-8-10-12-14-16-18-19-20-21-22-23-24-25-26-27-28-30-32-34-36-38-46(50)55-43(41-53-40-39-44(47(51)52)48(3,4)5)42-54-45(49)37-35-33-31-29-17-15-13-11-9-7-2/h18-19,21-22,43-44H,6-17,20,23-42H2,1-5H3/p+1/b19-18-,22-21-. The van der Waals surface area contributed by atoms with E-state index in [1.165, 1.54) is 128 Å². The summed E-state index contributed by atoms with van der Waals surface area (Å²) >= 11 is 0. The van der Waals surface area contributed by atoms with Gasteiger partial charge in [-0.3, -0.25) is 9.59 Å². The Morgan fingerprint density at radius 1 is 0.545 bits per heavy atom. The van der Waals surface area contributed by atoms with Gasteiger partial charge in [0.1, 0.15) is 6.61 Å². The van der Waals surface area contributed by atoms with E-state index in [0.29, 0.717) is 19.3 Å². The third kappa shape index (κ3) is 37.2. The summed E-state index contributed by atoms with van der Waals surface area (Å²) in [6.45, 7) is 4.72. The third-order valence-corrected chi connectivity index (χ3v) is 10.4. The van der Waals surface area contributed by atoms with Gasteiger partial charge in [0.05, 0.1) is 34.4 Å². The lowest BCUT2D eigenvalue weighted by Crippen LogP contribution is -2.50. The molecular weight excluding hydrogens is 691 g/mol. The normalized spacial score (nSPS) is 13.1. The molecule has 0 aromatic carbocycles. The zero-order chi connectivity index (χ0) is 40.7. The van der Waals surface area contributed by atoms with Gasteiger partial charge in [0.2, 0.25) is 0 Å². The summed E-state index contributed by atoms with van der Waals surface area (Å²) in [5.74, 6) is -1.46. The Morgan fingerprint density at radius 3 is 1.40 bits per heavy atom. The van der Waals surface area contributed by atoms with E-state index in [4.69, 9.17) is 14.2 Å². The van der Waals surface area contributed by atoms with Gasteiger partial charge in [-0.05, 0) is 44.9 Å². The molecule has 0 aliphatic carbocycles. The number of ether oxygens (including phenoxy) is 3. The van der Waals surface area contributed by atoms with Gasteiger partial charge in [-0.1, -0.05) is 167 Å². The molecule has 2 unspecified atom stereocenters. The lowest BCUT2D eigenvalue weighted by Gasteiger charge is -2.31. The zero-order valence-electron chi connectivity index (χ0n) is 36.6. The fourth-order valence-corrected chi connectivity index (χ4v) is 6.77. The number of hydrogen-bond acceptors (Lipinski definition) is 6. The highest BCUT2D eigenvalue weighted by atomic mass is 16.6. The second kappa shape index (κ2) is 38.7. The van der Waals surface area contributed by atoms with Crippen LogP contribution in [-0.2, 0) is 28.6 Å². The van der Waals surface area contributed by atoms with Gasteiger partial charge in [-0.2, -0.15) is 0 Å². The highest BCUT2D eigenvalue weighted by Crippen LogP contribution is 2.15. The van der Waals surface area contributed by atoms with Crippen molar-refractivity contribution < 1.29 is 38.2 Å². The van der Waals surface area contributed by atoms with Crippen LogP contribution in [0.3, 0.4) is 0 Å². The summed E-state index contributed by atoms with van der Waals surface area (Å²) in [6.07, 6.45) is 42.2. The zero-order valence-corrected chi connectivity index (χ0v) is 36.6. The fraction of sp³-hybridized carbons (Fsp3) is 0.851. The van der Waals surface area contributed by atoms with E-state index in [-0.39, 0.29) is 36.2 Å². The van der Waals surface area contributed by atoms with Gasteiger partial charge >= 0.3 is 17.9 Å². The van der Waals surface area contributed by atoms with Crippen molar-refractivity contribution in [2.75, 3.05) is 41.0 Å². The van der Waals surface area contributed by atoms with E-state index in [9.17, 15) is 19.5 Å². The Balaban J connectivity index is 4.24. The first-order valence-electron chi connectivity index (χ1n) is 22.9. The van der Waals surface area contributed by atoms with Crippen molar-refractivity contribution in [2.24, 2.45) is 0 Å². The molecule has 1 N–H and O–H groups in total. The van der Waals surface area contributed by atoms with Gasteiger partial charge in [-0.15, -0.1) is 0 Å². The van der Waals surface area contributed by atoms with Crippen LogP contribution in [0.15, 0.2) is 24.3 Å². The molecule has 322 valence electrons. The molecule has 0 aromatic heterocycles. The van der Waals surface area contributed by atoms with Crippen molar-refractivity contribution in [1.29, 1.82) is 0 Å².